The number of ether oxygens (including phenoxy) is 1. The number of nitrogens with two attached hydrogens (primary N) is 2. The van der Waals surface area contributed by atoms with E-state index in [0.29, 0.717) is 0 Å². The second-order valence-corrected chi connectivity index (χ2v) is 14.0. The lowest BCUT2D eigenvalue weighted by molar-refractivity contribution is -0.0605. The maximum atomic E-state index is 15.6. The Morgan fingerprint density at radius 1 is 1.17 bits per heavy atom. The van der Waals surface area contributed by atoms with Crippen molar-refractivity contribution in [3.05, 3.63) is 29.3 Å². The van der Waals surface area contributed by atoms with Crippen molar-refractivity contribution in [2.45, 2.75) is 53.1 Å². The number of H-pyrrole nitrogens is 1. The number of anilines is 2. The molecule has 4 aromatic heterocycles. The largest absolute Gasteiger partial charge is 0.395 e. The van der Waals surface area contributed by atoms with Gasteiger partial charge in [-0.25, -0.2) is 28.7 Å². The molecule has 3 fully saturated rings. The number of aromatic amines is 1. The van der Waals surface area contributed by atoms with E-state index in [9.17, 15) is 19.9 Å². The van der Waals surface area contributed by atoms with E-state index in [4.69, 9.17) is 37.1 Å². The number of aromatic nitrogens is 8. The summed E-state index contributed by atoms with van der Waals surface area (Å²) in [6.07, 6.45) is -5.93. The van der Waals surface area contributed by atoms with Crippen molar-refractivity contribution in [2.75, 3.05) is 18.1 Å². The van der Waals surface area contributed by atoms with Crippen molar-refractivity contribution in [3.63, 3.8) is 0 Å². The van der Waals surface area contributed by atoms with Gasteiger partial charge in [0.2, 0.25) is 5.95 Å². The second kappa shape index (κ2) is 9.56. The molecule has 3 aliphatic rings. The van der Waals surface area contributed by atoms with Crippen LogP contribution in [0.4, 0.5) is 20.5 Å². The Balaban J connectivity index is 1.11. The lowest BCUT2D eigenvalue weighted by Crippen LogP contribution is -2.35. The van der Waals surface area contributed by atoms with Gasteiger partial charge in [-0.1, -0.05) is 0 Å². The molecule has 8 N–H and O–H groups in total. The van der Waals surface area contributed by atoms with Crippen molar-refractivity contribution in [1.29, 1.82) is 0 Å². The summed E-state index contributed by atoms with van der Waals surface area (Å²) in [6, 6.07) is 0. The van der Waals surface area contributed by atoms with E-state index in [1.54, 1.807) is 0 Å². The molecule has 4 aromatic rings. The molecular formula is C20H21F2N10O7PS2. The van der Waals surface area contributed by atoms with Crippen LogP contribution in [0.25, 0.3) is 22.3 Å². The van der Waals surface area contributed by atoms with Gasteiger partial charge in [-0.15, -0.1) is 11.8 Å². The van der Waals surface area contributed by atoms with Crippen molar-refractivity contribution in [3.8, 4) is 0 Å². The fourth-order valence-electron chi connectivity index (χ4n) is 5.31. The van der Waals surface area contributed by atoms with Crippen LogP contribution in [0.2, 0.25) is 0 Å². The molecule has 7 rings (SSSR count). The van der Waals surface area contributed by atoms with Gasteiger partial charge in [0.15, 0.2) is 40.6 Å². The molecule has 224 valence electrons. The molecule has 0 spiro atoms. The van der Waals surface area contributed by atoms with Gasteiger partial charge in [-0.2, -0.15) is 4.98 Å². The highest BCUT2D eigenvalue weighted by Gasteiger charge is 2.80. The minimum atomic E-state index is -4.39. The Morgan fingerprint density at radius 2 is 1.90 bits per heavy atom. The molecule has 0 radical (unpaired) electrons. The molecule has 2 saturated heterocycles. The van der Waals surface area contributed by atoms with E-state index in [-0.39, 0.29) is 34.1 Å². The summed E-state index contributed by atoms with van der Waals surface area (Å²) < 4.78 is 50.3. The average molecular weight is 647 g/mol. The number of nitrogens with zero attached hydrogens (tertiary/aromatic N) is 7. The fourth-order valence-corrected chi connectivity index (χ4v) is 8.51. The summed E-state index contributed by atoms with van der Waals surface area (Å²) in [5.41, 5.74) is 8.91. The molecule has 0 bridgehead atoms. The van der Waals surface area contributed by atoms with Crippen LogP contribution in [0.15, 0.2) is 23.8 Å². The summed E-state index contributed by atoms with van der Waals surface area (Å²) >= 11 is 6.06. The molecule has 1 aliphatic carbocycles. The SMILES string of the molecule is Nc1nc2c(ncn2[C@@H]2S[C@H](CO)[C@@H](F)[C@H]2OP(O)(=S)OC2[C@H]3O[C@@H](n4cnc5c(N)ncnc54)[C@@H](F)[C@@]23O)c(=O)[nH]1. The minimum Gasteiger partial charge on any atom is -0.395 e. The molecule has 1 saturated carbocycles. The van der Waals surface area contributed by atoms with E-state index >= 15 is 8.78 Å². The number of nitrogen functional groups attached to an aromatic ring is 2. The van der Waals surface area contributed by atoms with Crippen LogP contribution in [-0.2, 0) is 25.6 Å². The zero-order valence-corrected chi connectivity index (χ0v) is 23.4. The van der Waals surface area contributed by atoms with Crippen LogP contribution < -0.4 is 17.0 Å². The monoisotopic (exact) mass is 646 g/mol. The molecule has 0 amide bonds. The number of nitrogens with one attached hydrogen (secondary N) is 1. The van der Waals surface area contributed by atoms with Gasteiger partial charge in [0.25, 0.3) is 5.56 Å². The zero-order valence-electron chi connectivity index (χ0n) is 20.8. The molecule has 17 nitrogen and oxygen atoms in total. The van der Waals surface area contributed by atoms with Crippen molar-refractivity contribution in [1.82, 2.24) is 39.0 Å². The number of thioether (sulfide) groups is 1. The summed E-state index contributed by atoms with van der Waals surface area (Å²) in [5, 5.41) is 18.7. The van der Waals surface area contributed by atoms with Crippen LogP contribution in [0.3, 0.4) is 0 Å². The van der Waals surface area contributed by atoms with E-state index in [1.165, 1.54) is 28.1 Å². The summed E-state index contributed by atoms with van der Waals surface area (Å²) in [6.45, 7) is -4.98. The van der Waals surface area contributed by atoms with Crippen molar-refractivity contribution >= 4 is 64.4 Å². The first kappa shape index (κ1) is 27.9. The average Bonchev–Trinajstić information content (AvgIpc) is 3.45. The number of alkyl halides is 2. The van der Waals surface area contributed by atoms with Crippen LogP contribution in [-0.4, -0.2) is 102 Å². The second-order valence-electron chi connectivity index (χ2n) is 9.85. The maximum absolute atomic E-state index is 15.6. The summed E-state index contributed by atoms with van der Waals surface area (Å²) in [7, 11) is 0. The normalized spacial score (nSPS) is 35.5. The third-order valence-electron chi connectivity index (χ3n) is 7.39. The Labute approximate surface area is 241 Å². The van der Waals surface area contributed by atoms with Gasteiger partial charge in [-0.3, -0.25) is 28.0 Å². The number of rotatable bonds is 7. The predicted molar refractivity (Wildman–Crippen MR) is 145 cm³/mol. The number of hydrogen-bond acceptors (Lipinski definition) is 15. The first-order chi connectivity index (χ1) is 19.9. The Hall–Kier alpha value is -2.88. The van der Waals surface area contributed by atoms with Crippen LogP contribution in [0.1, 0.15) is 11.6 Å². The van der Waals surface area contributed by atoms with Crippen molar-refractivity contribution in [2.24, 2.45) is 0 Å². The number of imidazole rings is 2. The van der Waals surface area contributed by atoms with Gasteiger partial charge >= 0.3 is 6.72 Å². The van der Waals surface area contributed by atoms with Crippen LogP contribution >= 0.6 is 18.5 Å². The van der Waals surface area contributed by atoms with E-state index in [1.807, 2.05) is 0 Å². The molecule has 0 aromatic carbocycles. The van der Waals surface area contributed by atoms with Crippen LogP contribution in [0, 0.1) is 0 Å². The molecule has 2 unspecified atom stereocenters. The van der Waals surface area contributed by atoms with Gasteiger partial charge < -0.3 is 31.3 Å². The molecule has 42 heavy (non-hydrogen) atoms. The van der Waals surface area contributed by atoms with E-state index in [2.05, 4.69) is 29.9 Å². The Kier molecular flexibility index (Phi) is 6.36. The first-order valence-electron chi connectivity index (χ1n) is 12.2. The van der Waals surface area contributed by atoms with Crippen molar-refractivity contribution < 1.29 is 37.7 Å². The van der Waals surface area contributed by atoms with Gasteiger partial charge in [0, 0.05) is 0 Å². The lowest BCUT2D eigenvalue weighted by Gasteiger charge is -2.28. The van der Waals surface area contributed by atoms with Gasteiger partial charge in [-0.05, 0) is 11.8 Å². The standard InChI is InChI=1S/C20H21F2N10O7PS2/c21-6-5(1-33)42-18(32-4-28-8-15(32)29-19(24)30-16(8)34)9(6)38-40(36,41)39-12-11-20(12,35)10(22)17(37-11)31-3-27-7-13(23)25-2-26-14(7)31/h2-6,9-12,17-18,33,35H,1H2,(H,36,41)(H2,23,25,26)(H3,24,29,30,34)/t5-,6-,9-,10-,11-,12?,17-,18-,20+,40?/m1/s1. The Bertz CT molecular complexity index is 1830. The van der Waals surface area contributed by atoms with E-state index in [0.717, 1.165) is 11.8 Å². The molecule has 22 heteroatoms. The lowest BCUT2D eigenvalue weighted by atomic mass is 10.1. The molecule has 2 aliphatic heterocycles. The molecular weight excluding hydrogens is 625 g/mol. The van der Waals surface area contributed by atoms with E-state index < -0.39 is 72.0 Å². The predicted octanol–water partition coefficient (Wildman–Crippen LogP) is -0.964. The number of fused-ring (bicyclic) bond motifs is 3. The highest BCUT2D eigenvalue weighted by molar-refractivity contribution is 8.07. The topological polar surface area (TPSA) is 248 Å². The first-order valence-corrected chi connectivity index (χ1v) is 15.7. The quantitative estimate of drug-likeness (QED) is 0.132. The third-order valence-corrected chi connectivity index (χ3v) is 10.4. The highest BCUT2D eigenvalue weighted by atomic mass is 32.5. The third kappa shape index (κ3) is 4.07. The number of aliphatic hydroxyl groups excluding tert-OH is 1. The molecule has 6 heterocycles. The fraction of sp³-hybridized carbons (Fsp3) is 0.500. The number of aliphatic hydroxyl groups is 2. The summed E-state index contributed by atoms with van der Waals surface area (Å²) in [5.74, 6) is -0.142. The zero-order chi connectivity index (χ0) is 29.7. The minimum absolute atomic E-state index is 0.00472. The summed E-state index contributed by atoms with van der Waals surface area (Å²) in [4.78, 5) is 45.5. The smallest absolute Gasteiger partial charge is 0.325 e. The van der Waals surface area contributed by atoms with Gasteiger partial charge in [0.1, 0.15) is 41.7 Å². The Morgan fingerprint density at radius 3 is 2.62 bits per heavy atom. The number of halogens is 2. The number of hydrogen-bond donors (Lipinski definition) is 6. The van der Waals surface area contributed by atoms with Crippen LogP contribution in [0.5, 0.6) is 0 Å². The highest BCUT2D eigenvalue weighted by Crippen LogP contribution is 2.63. The molecule has 10 atom stereocenters. The van der Waals surface area contributed by atoms with Gasteiger partial charge in [0.05, 0.1) is 24.5 Å². The maximum Gasteiger partial charge on any atom is 0.325 e.